The fourth-order valence-electron chi connectivity index (χ4n) is 3.12. The second kappa shape index (κ2) is 4.73. The van der Waals surface area contributed by atoms with E-state index < -0.39 is 0 Å². The van der Waals surface area contributed by atoms with Crippen molar-refractivity contribution in [1.82, 2.24) is 15.0 Å². The Morgan fingerprint density at radius 2 is 1.68 bits per heavy atom. The molecule has 0 fully saturated rings. The van der Waals surface area contributed by atoms with Crippen LogP contribution in [-0.4, -0.2) is 15.0 Å². The number of benzene rings is 2. The Balaban J connectivity index is 0.00000125. The standard InChI is InChI=1S/C17H10BrN3.ClH/c18-9-5-6-13-11(7-9)16-17(21-13)15-10-3-1-2-4-12(10)20-14(15)8-19-16;/h1-8,20-21H;1H. The number of pyridine rings is 1. The summed E-state index contributed by atoms with van der Waals surface area (Å²) in [5, 5.41) is 3.58. The highest BCUT2D eigenvalue weighted by Crippen LogP contribution is 2.34. The van der Waals surface area contributed by atoms with Crippen molar-refractivity contribution in [3.63, 3.8) is 0 Å². The summed E-state index contributed by atoms with van der Waals surface area (Å²) >= 11 is 3.54. The van der Waals surface area contributed by atoms with Gasteiger partial charge in [0.25, 0.3) is 0 Å². The van der Waals surface area contributed by atoms with Crippen LogP contribution in [0, 0.1) is 0 Å². The quantitative estimate of drug-likeness (QED) is 0.368. The molecule has 0 aliphatic carbocycles. The molecular formula is C17H11BrClN3. The van der Waals surface area contributed by atoms with E-state index in [4.69, 9.17) is 0 Å². The van der Waals surface area contributed by atoms with E-state index in [0.29, 0.717) is 0 Å². The minimum absolute atomic E-state index is 0. The molecule has 0 saturated carbocycles. The van der Waals surface area contributed by atoms with E-state index in [2.05, 4.69) is 61.2 Å². The Labute approximate surface area is 140 Å². The minimum Gasteiger partial charge on any atom is -0.353 e. The van der Waals surface area contributed by atoms with Crippen molar-refractivity contribution < 1.29 is 0 Å². The maximum absolute atomic E-state index is 4.65. The van der Waals surface area contributed by atoms with Gasteiger partial charge in [-0.2, -0.15) is 0 Å². The van der Waals surface area contributed by atoms with Gasteiger partial charge in [-0.1, -0.05) is 34.1 Å². The lowest BCUT2D eigenvalue weighted by Crippen LogP contribution is -1.77. The third kappa shape index (κ3) is 1.71. The summed E-state index contributed by atoms with van der Waals surface area (Å²) in [6.07, 6.45) is 1.92. The number of aromatic nitrogens is 3. The van der Waals surface area contributed by atoms with Gasteiger partial charge in [0.15, 0.2) is 0 Å². The number of para-hydroxylation sites is 1. The normalized spacial score (nSPS) is 11.5. The number of halogens is 2. The monoisotopic (exact) mass is 371 g/mol. The van der Waals surface area contributed by atoms with E-state index in [-0.39, 0.29) is 12.4 Å². The summed E-state index contributed by atoms with van der Waals surface area (Å²) in [6, 6.07) is 14.6. The zero-order valence-electron chi connectivity index (χ0n) is 11.4. The van der Waals surface area contributed by atoms with E-state index >= 15 is 0 Å². The van der Waals surface area contributed by atoms with Crippen molar-refractivity contribution in [3.8, 4) is 0 Å². The van der Waals surface area contributed by atoms with Crippen molar-refractivity contribution in [3.05, 3.63) is 53.1 Å². The number of hydrogen-bond acceptors (Lipinski definition) is 1. The first-order valence-electron chi connectivity index (χ1n) is 6.77. The third-order valence-electron chi connectivity index (χ3n) is 4.04. The van der Waals surface area contributed by atoms with Gasteiger partial charge in [0.2, 0.25) is 0 Å². The average molecular weight is 373 g/mol. The van der Waals surface area contributed by atoms with Gasteiger partial charge in [-0.15, -0.1) is 12.4 Å². The van der Waals surface area contributed by atoms with E-state index in [1.165, 1.54) is 10.8 Å². The fraction of sp³-hybridized carbons (Fsp3) is 0. The van der Waals surface area contributed by atoms with E-state index in [1.54, 1.807) is 0 Å². The van der Waals surface area contributed by atoms with Crippen LogP contribution in [0.1, 0.15) is 0 Å². The lowest BCUT2D eigenvalue weighted by molar-refractivity contribution is 1.42. The highest BCUT2D eigenvalue weighted by Gasteiger charge is 2.13. The van der Waals surface area contributed by atoms with Crippen LogP contribution in [0.25, 0.3) is 43.7 Å². The predicted octanol–water partition coefficient (Wildman–Crippen LogP) is 5.53. The molecule has 0 aliphatic heterocycles. The summed E-state index contributed by atoms with van der Waals surface area (Å²) < 4.78 is 1.07. The predicted molar refractivity (Wildman–Crippen MR) is 97.9 cm³/mol. The van der Waals surface area contributed by atoms with Gasteiger partial charge in [0, 0.05) is 31.7 Å². The minimum atomic E-state index is 0. The highest BCUT2D eigenvalue weighted by atomic mass is 79.9. The van der Waals surface area contributed by atoms with Crippen LogP contribution in [-0.2, 0) is 0 Å². The molecule has 0 saturated heterocycles. The van der Waals surface area contributed by atoms with Crippen LogP contribution in [0.2, 0.25) is 0 Å². The van der Waals surface area contributed by atoms with Gasteiger partial charge in [0.05, 0.1) is 22.7 Å². The van der Waals surface area contributed by atoms with Crippen LogP contribution in [0.15, 0.2) is 53.1 Å². The lowest BCUT2D eigenvalue weighted by atomic mass is 10.1. The Bertz CT molecular complexity index is 1160. The van der Waals surface area contributed by atoms with Gasteiger partial charge in [-0.05, 0) is 24.3 Å². The molecule has 2 aromatic carbocycles. The number of nitrogens with zero attached hydrogens (tertiary/aromatic N) is 1. The largest absolute Gasteiger partial charge is 0.353 e. The van der Waals surface area contributed by atoms with Crippen molar-refractivity contribution >= 4 is 72.1 Å². The van der Waals surface area contributed by atoms with Gasteiger partial charge in [0.1, 0.15) is 0 Å². The zero-order chi connectivity index (χ0) is 14.0. The molecule has 3 heterocycles. The number of H-pyrrole nitrogens is 2. The molecule has 0 unspecified atom stereocenters. The van der Waals surface area contributed by atoms with Crippen LogP contribution in [0.3, 0.4) is 0 Å². The summed E-state index contributed by atoms with van der Waals surface area (Å²) in [6.45, 7) is 0. The van der Waals surface area contributed by atoms with E-state index in [0.717, 1.165) is 37.4 Å². The first-order chi connectivity index (χ1) is 10.3. The van der Waals surface area contributed by atoms with Crippen molar-refractivity contribution in [2.45, 2.75) is 0 Å². The summed E-state index contributed by atoms with van der Waals surface area (Å²) in [7, 11) is 0. The molecule has 0 aliphatic rings. The molecule has 5 aromatic rings. The number of hydrogen-bond donors (Lipinski definition) is 2. The molecule has 0 spiro atoms. The zero-order valence-corrected chi connectivity index (χ0v) is 13.8. The van der Waals surface area contributed by atoms with Crippen molar-refractivity contribution in [2.75, 3.05) is 0 Å². The number of rotatable bonds is 0. The number of nitrogens with one attached hydrogen (secondary N) is 2. The van der Waals surface area contributed by atoms with E-state index in [1.807, 2.05) is 18.3 Å². The SMILES string of the molecule is Brc1ccc2[nH]c3c(ncc4[nH]c5ccccc5c43)c2c1.Cl. The van der Waals surface area contributed by atoms with Crippen molar-refractivity contribution in [1.29, 1.82) is 0 Å². The topological polar surface area (TPSA) is 44.5 Å². The first-order valence-corrected chi connectivity index (χ1v) is 7.57. The molecular weight excluding hydrogens is 362 g/mol. The molecule has 0 radical (unpaired) electrons. The molecule has 5 heteroatoms. The molecule has 22 heavy (non-hydrogen) atoms. The highest BCUT2D eigenvalue weighted by molar-refractivity contribution is 9.10. The van der Waals surface area contributed by atoms with Gasteiger partial charge < -0.3 is 9.97 Å². The molecule has 0 amide bonds. The molecule has 5 rings (SSSR count). The average Bonchev–Trinajstić information content (AvgIpc) is 3.04. The lowest BCUT2D eigenvalue weighted by Gasteiger charge is -1.94. The van der Waals surface area contributed by atoms with Crippen LogP contribution < -0.4 is 0 Å². The number of fused-ring (bicyclic) bond motifs is 7. The molecule has 3 aromatic heterocycles. The molecule has 108 valence electrons. The van der Waals surface area contributed by atoms with Crippen LogP contribution in [0.5, 0.6) is 0 Å². The summed E-state index contributed by atoms with van der Waals surface area (Å²) in [4.78, 5) is 11.6. The summed E-state index contributed by atoms with van der Waals surface area (Å²) in [5.74, 6) is 0. The van der Waals surface area contributed by atoms with E-state index in [9.17, 15) is 0 Å². The third-order valence-corrected chi connectivity index (χ3v) is 4.53. The Kier molecular flexibility index (Phi) is 2.93. The number of aromatic amines is 2. The van der Waals surface area contributed by atoms with Gasteiger partial charge in [-0.25, -0.2) is 0 Å². The van der Waals surface area contributed by atoms with Gasteiger partial charge >= 0.3 is 0 Å². The van der Waals surface area contributed by atoms with Crippen LogP contribution in [0.4, 0.5) is 0 Å². The Morgan fingerprint density at radius 1 is 0.864 bits per heavy atom. The second-order valence-corrected chi connectivity index (χ2v) is 6.17. The maximum Gasteiger partial charge on any atom is 0.0966 e. The smallest absolute Gasteiger partial charge is 0.0966 e. The Hall–Kier alpha value is -2.04. The van der Waals surface area contributed by atoms with Gasteiger partial charge in [-0.3, -0.25) is 4.98 Å². The van der Waals surface area contributed by atoms with Crippen LogP contribution >= 0.6 is 28.3 Å². The molecule has 0 bridgehead atoms. The molecule has 3 nitrogen and oxygen atoms in total. The molecule has 2 N–H and O–H groups in total. The second-order valence-electron chi connectivity index (χ2n) is 5.26. The Morgan fingerprint density at radius 3 is 2.59 bits per heavy atom. The van der Waals surface area contributed by atoms with Crippen molar-refractivity contribution in [2.24, 2.45) is 0 Å². The molecule has 0 atom stereocenters. The maximum atomic E-state index is 4.65. The fourth-order valence-corrected chi connectivity index (χ4v) is 3.48. The first kappa shape index (κ1) is 13.6. The summed E-state index contributed by atoms with van der Waals surface area (Å²) in [5.41, 5.74) is 5.43.